The Morgan fingerprint density at radius 3 is 2.79 bits per heavy atom. The fourth-order valence-corrected chi connectivity index (χ4v) is 3.88. The van der Waals surface area contributed by atoms with Gasteiger partial charge in [-0.1, -0.05) is 22.4 Å². The van der Waals surface area contributed by atoms with Crippen molar-refractivity contribution in [3.8, 4) is 0 Å². The lowest BCUT2D eigenvalue weighted by molar-refractivity contribution is 0.709. The lowest BCUT2D eigenvalue weighted by atomic mass is 10.0. The van der Waals surface area contributed by atoms with Crippen LogP contribution in [0.1, 0.15) is 30.5 Å². The second-order valence-electron chi connectivity index (χ2n) is 4.87. The highest BCUT2D eigenvalue weighted by Crippen LogP contribution is 2.37. The van der Waals surface area contributed by atoms with Crippen LogP contribution in [0.3, 0.4) is 0 Å². The molecular weight excluding hydrogens is 417 g/mol. The van der Waals surface area contributed by atoms with Gasteiger partial charge >= 0.3 is 0 Å². The van der Waals surface area contributed by atoms with Gasteiger partial charge in [0.25, 0.3) is 0 Å². The van der Waals surface area contributed by atoms with Gasteiger partial charge < -0.3 is 5.43 Å². The third kappa shape index (κ3) is 2.36. The van der Waals surface area contributed by atoms with Crippen molar-refractivity contribution in [1.29, 1.82) is 0 Å². The van der Waals surface area contributed by atoms with Crippen LogP contribution in [0.4, 0.5) is 5.69 Å². The van der Waals surface area contributed by atoms with Crippen molar-refractivity contribution in [2.24, 2.45) is 5.84 Å². The zero-order chi connectivity index (χ0) is 13.4. The Morgan fingerprint density at radius 1 is 1.21 bits per heavy atom. The van der Waals surface area contributed by atoms with Crippen molar-refractivity contribution in [3.05, 3.63) is 31.4 Å². The Labute approximate surface area is 134 Å². The normalized spacial score (nSPS) is 15.1. The van der Waals surface area contributed by atoms with E-state index < -0.39 is 0 Å². The van der Waals surface area contributed by atoms with Crippen LogP contribution in [0.25, 0.3) is 10.9 Å². The molecule has 3 nitrogen and oxygen atoms in total. The van der Waals surface area contributed by atoms with Gasteiger partial charge in [0.1, 0.15) is 0 Å². The summed E-state index contributed by atoms with van der Waals surface area (Å²) in [6.45, 7) is 0. The van der Waals surface area contributed by atoms with Crippen LogP contribution in [0.2, 0.25) is 0 Å². The number of aryl methyl sites for hydroxylation is 1. The number of anilines is 1. The van der Waals surface area contributed by atoms with E-state index in [2.05, 4.69) is 56.1 Å². The average molecular weight is 432 g/mol. The monoisotopic (exact) mass is 431 g/mol. The van der Waals surface area contributed by atoms with E-state index in [0.717, 1.165) is 33.9 Å². The number of halogens is 2. The van der Waals surface area contributed by atoms with E-state index in [4.69, 9.17) is 10.8 Å². The first-order valence-electron chi connectivity index (χ1n) is 6.48. The van der Waals surface area contributed by atoms with Crippen LogP contribution in [-0.2, 0) is 12.8 Å². The van der Waals surface area contributed by atoms with E-state index >= 15 is 0 Å². The van der Waals surface area contributed by atoms with Crippen LogP contribution in [0.15, 0.2) is 16.6 Å². The molecule has 0 amide bonds. The molecule has 0 unspecified atom stereocenters. The third-order valence-electron chi connectivity index (χ3n) is 3.71. The summed E-state index contributed by atoms with van der Waals surface area (Å²) in [6, 6.07) is 4.15. The lowest BCUT2D eigenvalue weighted by Gasteiger charge is -2.16. The number of hydrazine groups is 1. The molecule has 1 heterocycles. The average Bonchev–Trinajstić information content (AvgIpc) is 2.66. The number of benzene rings is 1. The summed E-state index contributed by atoms with van der Waals surface area (Å²) < 4.78 is 2.22. The largest absolute Gasteiger partial charge is 0.323 e. The molecule has 0 fully saturated rings. The number of aromatic nitrogens is 1. The summed E-state index contributed by atoms with van der Waals surface area (Å²) >= 11 is 5.97. The summed E-state index contributed by atoms with van der Waals surface area (Å²) in [6.07, 6.45) is 5.84. The first-order chi connectivity index (χ1) is 9.22. The third-order valence-corrected chi connectivity index (χ3v) is 5.24. The van der Waals surface area contributed by atoms with Gasteiger partial charge in [-0.15, -0.1) is 0 Å². The molecular formula is C14H15BrIN3. The van der Waals surface area contributed by atoms with Crippen LogP contribution >= 0.6 is 38.5 Å². The van der Waals surface area contributed by atoms with Gasteiger partial charge in [0.05, 0.1) is 11.2 Å². The van der Waals surface area contributed by atoms with E-state index in [0.29, 0.717) is 0 Å². The molecule has 0 spiro atoms. The van der Waals surface area contributed by atoms with Crippen LogP contribution in [0, 0.1) is 3.57 Å². The summed E-state index contributed by atoms with van der Waals surface area (Å²) in [5.41, 5.74) is 7.53. The highest BCUT2D eigenvalue weighted by Gasteiger charge is 2.19. The summed E-state index contributed by atoms with van der Waals surface area (Å²) in [5, 5.41) is 1.11. The molecule has 19 heavy (non-hydrogen) atoms. The number of nitrogens with two attached hydrogens (primary N) is 1. The number of rotatable bonds is 1. The second-order valence-corrected chi connectivity index (χ2v) is 6.89. The topological polar surface area (TPSA) is 50.9 Å². The molecule has 5 heteroatoms. The van der Waals surface area contributed by atoms with Crippen molar-refractivity contribution in [2.45, 2.75) is 32.1 Å². The minimum Gasteiger partial charge on any atom is -0.323 e. The second kappa shape index (κ2) is 5.54. The number of pyridine rings is 1. The smallest absolute Gasteiger partial charge is 0.0871 e. The molecule has 0 atom stereocenters. The Bertz CT molecular complexity index is 642. The molecule has 1 aromatic carbocycles. The van der Waals surface area contributed by atoms with Crippen molar-refractivity contribution in [3.63, 3.8) is 0 Å². The number of fused-ring (bicyclic) bond motifs is 2. The fraction of sp³-hybridized carbons (Fsp3) is 0.357. The van der Waals surface area contributed by atoms with Gasteiger partial charge in [-0.25, -0.2) is 0 Å². The SMILES string of the molecule is NNc1c2c(nc3c(I)ccc(Br)c13)CCCCC2. The minimum atomic E-state index is 1.04. The maximum atomic E-state index is 5.81. The van der Waals surface area contributed by atoms with Crippen molar-refractivity contribution >= 4 is 55.1 Å². The summed E-state index contributed by atoms with van der Waals surface area (Å²) in [5.74, 6) is 5.81. The van der Waals surface area contributed by atoms with Crippen molar-refractivity contribution in [2.75, 3.05) is 5.43 Å². The van der Waals surface area contributed by atoms with Gasteiger partial charge in [0, 0.05) is 19.1 Å². The van der Waals surface area contributed by atoms with E-state index in [1.54, 1.807) is 0 Å². The first kappa shape index (κ1) is 13.6. The molecule has 1 aliphatic rings. The van der Waals surface area contributed by atoms with E-state index in [-0.39, 0.29) is 0 Å². The lowest BCUT2D eigenvalue weighted by Crippen LogP contribution is -2.13. The van der Waals surface area contributed by atoms with Crippen LogP contribution in [-0.4, -0.2) is 4.98 Å². The molecule has 3 rings (SSSR count). The first-order valence-corrected chi connectivity index (χ1v) is 8.35. The van der Waals surface area contributed by atoms with Gasteiger partial charge in [0.15, 0.2) is 0 Å². The molecule has 0 saturated heterocycles. The van der Waals surface area contributed by atoms with Crippen molar-refractivity contribution in [1.82, 2.24) is 4.98 Å². The maximum Gasteiger partial charge on any atom is 0.0871 e. The molecule has 0 radical (unpaired) electrons. The molecule has 100 valence electrons. The predicted molar refractivity (Wildman–Crippen MR) is 91.2 cm³/mol. The fourth-order valence-electron chi connectivity index (χ4n) is 2.79. The van der Waals surface area contributed by atoms with E-state index in [9.17, 15) is 0 Å². The zero-order valence-electron chi connectivity index (χ0n) is 10.5. The molecule has 0 bridgehead atoms. The van der Waals surface area contributed by atoms with Crippen LogP contribution in [0.5, 0.6) is 0 Å². The molecule has 2 aromatic rings. The highest BCUT2D eigenvalue weighted by molar-refractivity contribution is 14.1. The Kier molecular flexibility index (Phi) is 3.96. The molecule has 3 N–H and O–H groups in total. The summed E-state index contributed by atoms with van der Waals surface area (Å²) in [7, 11) is 0. The number of nitrogens with zero attached hydrogens (tertiary/aromatic N) is 1. The molecule has 1 aromatic heterocycles. The van der Waals surface area contributed by atoms with Gasteiger partial charge in [0.2, 0.25) is 0 Å². The predicted octanol–water partition coefficient (Wildman–Crippen LogP) is 4.16. The van der Waals surface area contributed by atoms with E-state index in [1.807, 2.05) is 0 Å². The van der Waals surface area contributed by atoms with Gasteiger partial charge in [-0.05, 0) is 66.0 Å². The number of hydrogen-bond donors (Lipinski definition) is 2. The van der Waals surface area contributed by atoms with E-state index in [1.165, 1.54) is 34.1 Å². The maximum absolute atomic E-state index is 5.81. The Balaban J connectivity index is 2.39. The highest BCUT2D eigenvalue weighted by atomic mass is 127. The quantitative estimate of drug-likeness (QED) is 0.308. The minimum absolute atomic E-state index is 1.04. The zero-order valence-corrected chi connectivity index (χ0v) is 14.2. The number of hydrogen-bond acceptors (Lipinski definition) is 3. The Morgan fingerprint density at radius 2 is 2.00 bits per heavy atom. The molecule has 1 aliphatic carbocycles. The van der Waals surface area contributed by atoms with Crippen LogP contribution < -0.4 is 11.3 Å². The summed E-state index contributed by atoms with van der Waals surface area (Å²) in [4.78, 5) is 4.91. The van der Waals surface area contributed by atoms with Crippen molar-refractivity contribution < 1.29 is 0 Å². The standard InChI is InChI=1S/C14H15BrIN3/c15-9-6-7-10(16)14-12(9)13(19-17)8-4-2-1-3-5-11(8)18-14/h6-7H,1-5,17H2,(H,18,19). The number of nitrogen functional groups attached to an aromatic ring is 1. The Hall–Kier alpha value is -0.400. The number of nitrogens with one attached hydrogen (secondary N) is 1. The molecule has 0 aliphatic heterocycles. The van der Waals surface area contributed by atoms with Gasteiger partial charge in [-0.2, -0.15) is 0 Å². The van der Waals surface area contributed by atoms with Gasteiger partial charge in [-0.3, -0.25) is 10.8 Å². The molecule has 0 saturated carbocycles.